The predicted octanol–water partition coefficient (Wildman–Crippen LogP) is 2.86. The summed E-state index contributed by atoms with van der Waals surface area (Å²) in [7, 11) is 0. The molecule has 5 nitrogen and oxygen atoms in total. The fraction of sp³-hybridized carbons (Fsp3) is 0.143. The molecule has 1 amide bonds. The first kappa shape index (κ1) is 15.1. The molecule has 0 fully saturated rings. The zero-order valence-corrected chi connectivity index (χ0v) is 11.7. The van der Waals surface area contributed by atoms with E-state index in [1.807, 2.05) is 0 Å². The summed E-state index contributed by atoms with van der Waals surface area (Å²) < 4.78 is 18.3. The van der Waals surface area contributed by atoms with Crippen LogP contribution in [0.2, 0.25) is 5.02 Å². The number of hydrogen-bond donors (Lipinski definition) is 2. The quantitative estimate of drug-likeness (QED) is 0.833. The molecule has 2 rings (SSSR count). The topological polar surface area (TPSA) is 77.2 Å². The van der Waals surface area contributed by atoms with Crippen LogP contribution in [0, 0.1) is 5.82 Å². The fourth-order valence-corrected chi connectivity index (χ4v) is 1.74. The van der Waals surface area contributed by atoms with E-state index >= 15 is 0 Å². The van der Waals surface area contributed by atoms with E-state index in [4.69, 9.17) is 22.1 Å². The summed E-state index contributed by atoms with van der Waals surface area (Å²) in [6, 6.07) is 5.59. The minimum absolute atomic E-state index is 0.0194. The highest BCUT2D eigenvalue weighted by molar-refractivity contribution is 6.30. The van der Waals surface area contributed by atoms with E-state index in [2.05, 4.69) is 10.3 Å². The Labute approximate surface area is 125 Å². The Morgan fingerprint density at radius 1 is 1.38 bits per heavy atom. The van der Waals surface area contributed by atoms with Gasteiger partial charge in [-0.15, -0.1) is 0 Å². The standard InChI is InChI=1S/C14H13ClFN3O2/c15-9-5-11(8-18-7-9)21-4-3-14(20)19-10-1-2-12(16)13(17)6-10/h1-2,5-8H,3-4,17H2,(H,19,20). The number of nitrogens with zero attached hydrogens (tertiary/aromatic N) is 1. The molecule has 0 aliphatic rings. The number of pyridine rings is 1. The lowest BCUT2D eigenvalue weighted by atomic mass is 10.2. The van der Waals surface area contributed by atoms with Crippen molar-refractivity contribution in [2.75, 3.05) is 17.7 Å². The monoisotopic (exact) mass is 309 g/mol. The molecule has 0 radical (unpaired) electrons. The molecule has 0 saturated heterocycles. The lowest BCUT2D eigenvalue weighted by Gasteiger charge is -2.08. The van der Waals surface area contributed by atoms with Crippen LogP contribution in [-0.4, -0.2) is 17.5 Å². The second kappa shape index (κ2) is 6.90. The van der Waals surface area contributed by atoms with Gasteiger partial charge >= 0.3 is 0 Å². The number of nitrogens with two attached hydrogens (primary N) is 1. The number of nitrogens with one attached hydrogen (secondary N) is 1. The molecule has 7 heteroatoms. The summed E-state index contributed by atoms with van der Waals surface area (Å²) in [6.45, 7) is 0.171. The van der Waals surface area contributed by atoms with Gasteiger partial charge in [0.25, 0.3) is 0 Å². The maximum atomic E-state index is 13.0. The van der Waals surface area contributed by atoms with Crippen LogP contribution >= 0.6 is 11.6 Å². The van der Waals surface area contributed by atoms with Crippen LogP contribution in [-0.2, 0) is 4.79 Å². The smallest absolute Gasteiger partial charge is 0.227 e. The summed E-state index contributed by atoms with van der Waals surface area (Å²) >= 11 is 5.76. The van der Waals surface area contributed by atoms with E-state index in [0.29, 0.717) is 16.5 Å². The number of carbonyl (C=O) groups excluding carboxylic acids is 1. The van der Waals surface area contributed by atoms with Gasteiger partial charge < -0.3 is 15.8 Å². The molecular weight excluding hydrogens is 297 g/mol. The van der Waals surface area contributed by atoms with Crippen LogP contribution in [0.15, 0.2) is 36.7 Å². The summed E-state index contributed by atoms with van der Waals surface area (Å²) in [5, 5.41) is 3.06. The van der Waals surface area contributed by atoms with E-state index in [0.717, 1.165) is 0 Å². The lowest BCUT2D eigenvalue weighted by molar-refractivity contribution is -0.116. The molecule has 0 atom stereocenters. The van der Waals surface area contributed by atoms with Gasteiger partial charge in [-0.1, -0.05) is 11.6 Å². The van der Waals surface area contributed by atoms with Crippen LogP contribution in [0.3, 0.4) is 0 Å². The number of anilines is 2. The van der Waals surface area contributed by atoms with Gasteiger partial charge in [0, 0.05) is 18.0 Å². The van der Waals surface area contributed by atoms with Crippen molar-refractivity contribution in [3.8, 4) is 5.75 Å². The number of amides is 1. The molecule has 21 heavy (non-hydrogen) atoms. The van der Waals surface area contributed by atoms with Crippen molar-refractivity contribution in [2.45, 2.75) is 6.42 Å². The molecule has 3 N–H and O–H groups in total. The fourth-order valence-electron chi connectivity index (χ4n) is 1.58. The minimum Gasteiger partial charge on any atom is -0.491 e. The first-order valence-corrected chi connectivity index (χ1v) is 6.50. The van der Waals surface area contributed by atoms with Gasteiger partial charge in [0.1, 0.15) is 11.6 Å². The Kier molecular flexibility index (Phi) is 4.94. The third kappa shape index (κ3) is 4.61. The van der Waals surface area contributed by atoms with Crippen LogP contribution in [0.5, 0.6) is 5.75 Å². The van der Waals surface area contributed by atoms with E-state index < -0.39 is 5.82 Å². The van der Waals surface area contributed by atoms with Gasteiger partial charge in [0.15, 0.2) is 0 Å². The van der Waals surface area contributed by atoms with Crippen LogP contribution < -0.4 is 15.8 Å². The number of aromatic nitrogens is 1. The van der Waals surface area contributed by atoms with E-state index in [1.54, 1.807) is 6.07 Å². The summed E-state index contributed by atoms with van der Waals surface area (Å²) in [6.07, 6.45) is 3.12. The number of nitrogen functional groups attached to an aromatic ring is 1. The Balaban J connectivity index is 1.81. The largest absolute Gasteiger partial charge is 0.491 e. The molecule has 0 aliphatic heterocycles. The lowest BCUT2D eigenvalue weighted by Crippen LogP contribution is -2.15. The minimum atomic E-state index is -0.523. The van der Waals surface area contributed by atoms with Crippen molar-refractivity contribution in [3.63, 3.8) is 0 Å². The number of benzene rings is 1. The second-order valence-corrected chi connectivity index (χ2v) is 4.66. The number of halogens is 2. The first-order chi connectivity index (χ1) is 10.0. The highest BCUT2D eigenvalue weighted by Crippen LogP contribution is 2.17. The summed E-state index contributed by atoms with van der Waals surface area (Å²) in [5.74, 6) is -0.304. The average Bonchev–Trinajstić information content (AvgIpc) is 2.43. The first-order valence-electron chi connectivity index (χ1n) is 6.13. The third-order valence-electron chi connectivity index (χ3n) is 2.56. The predicted molar refractivity (Wildman–Crippen MR) is 78.8 cm³/mol. The van der Waals surface area contributed by atoms with Crippen molar-refractivity contribution >= 4 is 28.9 Å². The maximum absolute atomic E-state index is 13.0. The van der Waals surface area contributed by atoms with Crippen molar-refractivity contribution in [1.82, 2.24) is 4.98 Å². The normalized spacial score (nSPS) is 10.2. The SMILES string of the molecule is Nc1cc(NC(=O)CCOc2cncc(Cl)c2)ccc1F. The summed E-state index contributed by atoms with van der Waals surface area (Å²) in [4.78, 5) is 15.6. The molecular formula is C14H13ClFN3O2. The van der Waals surface area contributed by atoms with Crippen LogP contribution in [0.25, 0.3) is 0 Å². The molecule has 0 unspecified atom stereocenters. The highest BCUT2D eigenvalue weighted by atomic mass is 35.5. The van der Waals surface area contributed by atoms with Crippen molar-refractivity contribution in [1.29, 1.82) is 0 Å². The van der Waals surface area contributed by atoms with Gasteiger partial charge in [-0.3, -0.25) is 9.78 Å². The number of ether oxygens (including phenoxy) is 1. The second-order valence-electron chi connectivity index (χ2n) is 4.22. The zero-order chi connectivity index (χ0) is 15.2. The Morgan fingerprint density at radius 3 is 2.90 bits per heavy atom. The Morgan fingerprint density at radius 2 is 2.19 bits per heavy atom. The van der Waals surface area contributed by atoms with Gasteiger partial charge in [-0.05, 0) is 18.2 Å². The molecule has 0 aliphatic carbocycles. The van der Waals surface area contributed by atoms with Gasteiger partial charge in [-0.25, -0.2) is 4.39 Å². The zero-order valence-electron chi connectivity index (χ0n) is 11.0. The maximum Gasteiger partial charge on any atom is 0.227 e. The molecule has 0 bridgehead atoms. The number of carbonyl (C=O) groups is 1. The Bertz CT molecular complexity index is 652. The Hall–Kier alpha value is -2.34. The average molecular weight is 310 g/mol. The van der Waals surface area contributed by atoms with E-state index in [9.17, 15) is 9.18 Å². The third-order valence-corrected chi connectivity index (χ3v) is 2.76. The van der Waals surface area contributed by atoms with Crippen molar-refractivity contribution < 1.29 is 13.9 Å². The molecule has 0 spiro atoms. The molecule has 2 aromatic rings. The number of rotatable bonds is 5. The van der Waals surface area contributed by atoms with Crippen LogP contribution in [0.4, 0.5) is 15.8 Å². The van der Waals surface area contributed by atoms with Gasteiger partial charge in [0.2, 0.25) is 5.91 Å². The molecule has 1 aromatic carbocycles. The molecule has 110 valence electrons. The van der Waals surface area contributed by atoms with Gasteiger partial charge in [-0.2, -0.15) is 0 Å². The number of hydrogen-bond acceptors (Lipinski definition) is 4. The molecule has 0 saturated carbocycles. The van der Waals surface area contributed by atoms with Crippen molar-refractivity contribution in [3.05, 3.63) is 47.5 Å². The van der Waals surface area contributed by atoms with Crippen LogP contribution in [0.1, 0.15) is 6.42 Å². The highest BCUT2D eigenvalue weighted by Gasteiger charge is 2.05. The molecule has 1 heterocycles. The van der Waals surface area contributed by atoms with Crippen molar-refractivity contribution in [2.24, 2.45) is 0 Å². The molecule has 1 aromatic heterocycles. The van der Waals surface area contributed by atoms with E-state index in [1.165, 1.54) is 30.6 Å². The summed E-state index contributed by atoms with van der Waals surface area (Å²) in [5.41, 5.74) is 5.83. The van der Waals surface area contributed by atoms with Gasteiger partial charge in [0.05, 0.1) is 29.9 Å². The van der Waals surface area contributed by atoms with E-state index in [-0.39, 0.29) is 24.6 Å².